The average molecular weight is 454 g/mol. The van der Waals surface area contributed by atoms with Gasteiger partial charge in [0.25, 0.3) is 0 Å². The molecule has 1 N–H and O–H groups in total. The minimum atomic E-state index is -0.921. The van der Waals surface area contributed by atoms with Crippen molar-refractivity contribution in [1.29, 1.82) is 0 Å². The molecule has 1 unspecified atom stereocenters. The molecule has 0 aromatic heterocycles. The number of halogens is 1. The minimum Gasteiger partial charge on any atom is -0.497 e. The van der Waals surface area contributed by atoms with Crippen molar-refractivity contribution in [3.63, 3.8) is 0 Å². The highest BCUT2D eigenvalue weighted by molar-refractivity contribution is 5.95. The largest absolute Gasteiger partial charge is 0.497 e. The minimum absolute atomic E-state index is 0.326. The van der Waals surface area contributed by atoms with Crippen molar-refractivity contribution in [2.24, 2.45) is 0 Å². The maximum Gasteiger partial charge on any atom is 0.158 e. The van der Waals surface area contributed by atoms with Gasteiger partial charge >= 0.3 is 0 Å². The van der Waals surface area contributed by atoms with Crippen LogP contribution in [0.25, 0.3) is 11.8 Å². The van der Waals surface area contributed by atoms with Gasteiger partial charge in [-0.2, -0.15) is 0 Å². The molecule has 5 heteroatoms. The summed E-state index contributed by atoms with van der Waals surface area (Å²) in [5.41, 5.74) is 5.19. The predicted octanol–water partition coefficient (Wildman–Crippen LogP) is 6.42. The van der Waals surface area contributed by atoms with Gasteiger partial charge in [-0.05, 0) is 71.8 Å². The average Bonchev–Trinajstić information content (AvgIpc) is 3.15. The first kappa shape index (κ1) is 21.7. The first-order valence-electron chi connectivity index (χ1n) is 11.0. The molecule has 34 heavy (non-hydrogen) atoms. The van der Waals surface area contributed by atoms with Crippen molar-refractivity contribution in [3.05, 3.63) is 125 Å². The van der Waals surface area contributed by atoms with Crippen LogP contribution in [0.2, 0.25) is 0 Å². The van der Waals surface area contributed by atoms with E-state index in [2.05, 4.69) is 0 Å². The molecule has 1 aliphatic heterocycles. The summed E-state index contributed by atoms with van der Waals surface area (Å²) >= 11 is 0. The number of hydrogen-bond acceptors (Lipinski definition) is 4. The lowest BCUT2D eigenvalue weighted by Gasteiger charge is -2.25. The summed E-state index contributed by atoms with van der Waals surface area (Å²) in [6.45, 7) is 0.501. The SMILES string of the molecule is COc1ccc2c(c1)C(O)N(c1ccc(F)cc1)/C2=C\c1ccc(OCc2ccccc2)cc1. The second-order valence-corrected chi connectivity index (χ2v) is 8.05. The van der Waals surface area contributed by atoms with Gasteiger partial charge in [-0.25, -0.2) is 4.39 Å². The van der Waals surface area contributed by atoms with Crippen LogP contribution in [0.3, 0.4) is 0 Å². The molecule has 4 aromatic rings. The summed E-state index contributed by atoms with van der Waals surface area (Å²) in [6, 6.07) is 29.6. The zero-order chi connectivity index (χ0) is 23.5. The second kappa shape index (κ2) is 9.41. The van der Waals surface area contributed by atoms with E-state index in [4.69, 9.17) is 9.47 Å². The fraction of sp³-hybridized carbons (Fsp3) is 0.103. The summed E-state index contributed by atoms with van der Waals surface area (Å²) in [6.07, 6.45) is 1.08. The Bertz CT molecular complexity index is 1300. The molecule has 0 saturated carbocycles. The summed E-state index contributed by atoms with van der Waals surface area (Å²) < 4.78 is 24.8. The van der Waals surface area contributed by atoms with Crippen LogP contribution in [0.5, 0.6) is 11.5 Å². The predicted molar refractivity (Wildman–Crippen MR) is 132 cm³/mol. The number of nitrogens with zero attached hydrogens (tertiary/aromatic N) is 1. The quantitative estimate of drug-likeness (QED) is 0.366. The third-order valence-electron chi connectivity index (χ3n) is 5.85. The number of hydrogen-bond donors (Lipinski definition) is 1. The van der Waals surface area contributed by atoms with Crippen molar-refractivity contribution in [3.8, 4) is 11.5 Å². The monoisotopic (exact) mass is 453 g/mol. The molecular weight excluding hydrogens is 429 g/mol. The first-order valence-corrected chi connectivity index (χ1v) is 11.0. The van der Waals surface area contributed by atoms with E-state index in [9.17, 15) is 9.50 Å². The van der Waals surface area contributed by atoms with Gasteiger partial charge in [-0.1, -0.05) is 42.5 Å². The number of ether oxygens (including phenoxy) is 2. The highest BCUT2D eigenvalue weighted by atomic mass is 19.1. The van der Waals surface area contributed by atoms with Crippen LogP contribution in [0.1, 0.15) is 28.5 Å². The molecule has 0 bridgehead atoms. The smallest absolute Gasteiger partial charge is 0.158 e. The molecule has 1 aliphatic rings. The Morgan fingerprint density at radius 1 is 0.882 bits per heavy atom. The lowest BCUT2D eigenvalue weighted by atomic mass is 10.1. The Balaban J connectivity index is 1.46. The zero-order valence-electron chi connectivity index (χ0n) is 18.7. The highest BCUT2D eigenvalue weighted by Gasteiger charge is 2.33. The Morgan fingerprint density at radius 3 is 2.29 bits per heavy atom. The van der Waals surface area contributed by atoms with E-state index in [1.807, 2.05) is 78.9 Å². The van der Waals surface area contributed by atoms with Gasteiger partial charge in [0, 0.05) is 16.8 Å². The summed E-state index contributed by atoms with van der Waals surface area (Å²) in [5.74, 6) is 1.12. The maximum absolute atomic E-state index is 13.6. The van der Waals surface area contributed by atoms with Gasteiger partial charge < -0.3 is 19.5 Å². The van der Waals surface area contributed by atoms with Crippen LogP contribution in [0, 0.1) is 5.82 Å². The van der Waals surface area contributed by atoms with Crippen LogP contribution in [0.15, 0.2) is 97.1 Å². The molecule has 170 valence electrons. The molecule has 4 aromatic carbocycles. The lowest BCUT2D eigenvalue weighted by molar-refractivity contribution is 0.191. The number of aliphatic hydroxyl groups is 1. The summed E-state index contributed by atoms with van der Waals surface area (Å²) in [4.78, 5) is 1.80. The third-order valence-corrected chi connectivity index (χ3v) is 5.85. The molecule has 0 radical (unpaired) electrons. The van der Waals surface area contributed by atoms with Gasteiger partial charge in [0.2, 0.25) is 0 Å². The van der Waals surface area contributed by atoms with Gasteiger partial charge in [0.1, 0.15) is 23.9 Å². The van der Waals surface area contributed by atoms with Crippen molar-refractivity contribution in [1.82, 2.24) is 0 Å². The van der Waals surface area contributed by atoms with Gasteiger partial charge in [0.05, 0.1) is 12.8 Å². The molecular formula is C29H24FNO3. The molecule has 0 saturated heterocycles. The fourth-order valence-electron chi connectivity index (χ4n) is 4.10. The molecule has 5 rings (SSSR count). The highest BCUT2D eigenvalue weighted by Crippen LogP contribution is 2.45. The Kier molecular flexibility index (Phi) is 6.02. The number of fused-ring (bicyclic) bond motifs is 1. The maximum atomic E-state index is 13.6. The Hall–Kier alpha value is -4.09. The van der Waals surface area contributed by atoms with Crippen molar-refractivity contribution >= 4 is 17.5 Å². The van der Waals surface area contributed by atoms with Gasteiger partial charge in [-0.3, -0.25) is 0 Å². The van der Waals surface area contributed by atoms with Gasteiger partial charge in [0.15, 0.2) is 6.23 Å². The zero-order valence-corrected chi connectivity index (χ0v) is 18.7. The van der Waals surface area contributed by atoms with Crippen molar-refractivity contribution in [2.45, 2.75) is 12.8 Å². The van der Waals surface area contributed by atoms with Crippen molar-refractivity contribution in [2.75, 3.05) is 12.0 Å². The molecule has 0 aliphatic carbocycles. The second-order valence-electron chi connectivity index (χ2n) is 8.05. The number of anilines is 1. The molecule has 0 spiro atoms. The fourth-order valence-corrected chi connectivity index (χ4v) is 4.10. The summed E-state index contributed by atoms with van der Waals surface area (Å²) in [7, 11) is 1.60. The van der Waals surface area contributed by atoms with Crippen molar-refractivity contribution < 1.29 is 19.0 Å². The number of aliphatic hydroxyl groups excluding tert-OH is 1. The molecule has 0 fully saturated rings. The molecule has 1 atom stereocenters. The van der Waals surface area contributed by atoms with Crippen LogP contribution >= 0.6 is 0 Å². The van der Waals surface area contributed by atoms with Gasteiger partial charge in [-0.15, -0.1) is 0 Å². The van der Waals surface area contributed by atoms with Crippen LogP contribution in [-0.2, 0) is 6.61 Å². The van der Waals surface area contributed by atoms with Crippen LogP contribution in [0.4, 0.5) is 10.1 Å². The van der Waals surface area contributed by atoms with E-state index in [0.29, 0.717) is 18.0 Å². The van der Waals surface area contributed by atoms with E-state index < -0.39 is 6.23 Å². The van der Waals surface area contributed by atoms with E-state index in [0.717, 1.165) is 33.7 Å². The number of rotatable bonds is 6. The third kappa shape index (κ3) is 4.38. The Labute approximate surface area is 198 Å². The molecule has 4 nitrogen and oxygen atoms in total. The standard InChI is InChI=1S/C29H24FNO3/c1-33-25-15-16-26-27(18-25)29(32)31(23-11-9-22(30)10-12-23)28(26)17-20-7-13-24(14-8-20)34-19-21-5-3-2-4-6-21/h2-18,29,32H,19H2,1H3/b28-17-. The van der Waals surface area contributed by atoms with Crippen LogP contribution < -0.4 is 14.4 Å². The molecule has 1 heterocycles. The van der Waals surface area contributed by atoms with E-state index in [-0.39, 0.29) is 5.82 Å². The summed E-state index contributed by atoms with van der Waals surface area (Å²) in [5, 5.41) is 11.2. The lowest BCUT2D eigenvalue weighted by Crippen LogP contribution is -2.20. The topological polar surface area (TPSA) is 41.9 Å². The van der Waals surface area contributed by atoms with Crippen LogP contribution in [-0.4, -0.2) is 12.2 Å². The Morgan fingerprint density at radius 2 is 1.59 bits per heavy atom. The van der Waals surface area contributed by atoms with E-state index in [1.165, 1.54) is 12.1 Å². The normalized spacial score (nSPS) is 15.9. The van der Waals surface area contributed by atoms with E-state index >= 15 is 0 Å². The number of benzene rings is 4. The first-order chi connectivity index (χ1) is 16.6. The van der Waals surface area contributed by atoms with E-state index in [1.54, 1.807) is 24.1 Å². The molecule has 0 amide bonds. The number of methoxy groups -OCH3 is 1.